The first-order valence-corrected chi connectivity index (χ1v) is 7.08. The van der Waals surface area contributed by atoms with Crippen molar-refractivity contribution in [3.63, 3.8) is 0 Å². The van der Waals surface area contributed by atoms with Gasteiger partial charge in [0.2, 0.25) is 0 Å². The molecule has 0 heterocycles. The molecule has 2 rings (SSSR count). The third-order valence-electron chi connectivity index (χ3n) is 3.23. The Morgan fingerprint density at radius 3 is 2.26 bits per heavy atom. The molecule has 0 bridgehead atoms. The molecule has 0 aliphatic heterocycles. The summed E-state index contributed by atoms with van der Waals surface area (Å²) in [4.78, 5) is 11.8. The van der Waals surface area contributed by atoms with Crippen LogP contribution in [0.2, 0.25) is 10.0 Å². The van der Waals surface area contributed by atoms with Crippen LogP contribution in [0.3, 0.4) is 0 Å². The van der Waals surface area contributed by atoms with Gasteiger partial charge in [-0.15, -0.1) is 0 Å². The van der Waals surface area contributed by atoms with Crippen molar-refractivity contribution in [3.05, 3.63) is 28.2 Å². The first-order valence-electron chi connectivity index (χ1n) is 6.32. The predicted octanol–water partition coefficient (Wildman–Crippen LogP) is 3.38. The summed E-state index contributed by atoms with van der Waals surface area (Å²) in [7, 11) is 0. The van der Waals surface area contributed by atoms with Crippen LogP contribution in [0.5, 0.6) is 0 Å². The number of nitrogens with one attached hydrogen (secondary N) is 2. The van der Waals surface area contributed by atoms with E-state index in [-0.39, 0.29) is 18.1 Å². The summed E-state index contributed by atoms with van der Waals surface area (Å²) in [5, 5.41) is 6.65. The van der Waals surface area contributed by atoms with Gasteiger partial charge in [-0.25, -0.2) is 4.79 Å². The van der Waals surface area contributed by atoms with Crippen molar-refractivity contribution >= 4 is 34.9 Å². The van der Waals surface area contributed by atoms with Crippen molar-refractivity contribution in [3.8, 4) is 0 Å². The number of carbonyl (C=O) groups is 1. The summed E-state index contributed by atoms with van der Waals surface area (Å²) >= 11 is 11.7. The van der Waals surface area contributed by atoms with Gasteiger partial charge in [0, 0.05) is 27.8 Å². The van der Waals surface area contributed by atoms with Crippen molar-refractivity contribution < 1.29 is 4.79 Å². The van der Waals surface area contributed by atoms with Crippen molar-refractivity contribution in [1.29, 1.82) is 0 Å². The summed E-state index contributed by atoms with van der Waals surface area (Å²) in [5.74, 6) is 0. The van der Waals surface area contributed by atoms with E-state index in [1.807, 2.05) is 0 Å². The molecule has 0 unspecified atom stereocenters. The van der Waals surface area contributed by atoms with Crippen LogP contribution < -0.4 is 16.4 Å². The van der Waals surface area contributed by atoms with Crippen molar-refractivity contribution in [2.75, 3.05) is 5.32 Å². The van der Waals surface area contributed by atoms with Crippen LogP contribution in [0.4, 0.5) is 10.5 Å². The van der Waals surface area contributed by atoms with E-state index in [0.717, 1.165) is 25.7 Å². The van der Waals surface area contributed by atoms with E-state index >= 15 is 0 Å². The lowest BCUT2D eigenvalue weighted by Crippen LogP contribution is -2.42. The zero-order valence-electron chi connectivity index (χ0n) is 10.5. The summed E-state index contributed by atoms with van der Waals surface area (Å²) in [6.45, 7) is 0. The van der Waals surface area contributed by atoms with Gasteiger partial charge in [0.05, 0.1) is 0 Å². The second-order valence-electron chi connectivity index (χ2n) is 4.87. The zero-order valence-corrected chi connectivity index (χ0v) is 12.0. The smallest absolute Gasteiger partial charge is 0.319 e. The lowest BCUT2D eigenvalue weighted by Gasteiger charge is -2.26. The van der Waals surface area contributed by atoms with Gasteiger partial charge in [0.25, 0.3) is 0 Å². The Morgan fingerprint density at radius 2 is 1.68 bits per heavy atom. The van der Waals surface area contributed by atoms with Crippen LogP contribution in [-0.4, -0.2) is 18.1 Å². The lowest BCUT2D eigenvalue weighted by atomic mass is 9.92. The van der Waals surface area contributed by atoms with Crippen LogP contribution in [0.15, 0.2) is 18.2 Å². The number of amides is 2. The molecule has 0 radical (unpaired) electrons. The van der Waals surface area contributed by atoms with Gasteiger partial charge in [-0.1, -0.05) is 23.2 Å². The lowest BCUT2D eigenvalue weighted by molar-refractivity contribution is 0.242. The highest BCUT2D eigenvalue weighted by atomic mass is 35.5. The SMILES string of the molecule is NC1CCC(NC(=O)Nc2cc(Cl)cc(Cl)c2)CC1. The normalized spacial score (nSPS) is 22.9. The van der Waals surface area contributed by atoms with Crippen LogP contribution >= 0.6 is 23.2 Å². The minimum absolute atomic E-state index is 0.189. The van der Waals surface area contributed by atoms with E-state index < -0.39 is 0 Å². The van der Waals surface area contributed by atoms with Gasteiger partial charge >= 0.3 is 6.03 Å². The zero-order chi connectivity index (χ0) is 13.8. The molecule has 0 aromatic heterocycles. The minimum Gasteiger partial charge on any atom is -0.335 e. The molecule has 1 saturated carbocycles. The van der Waals surface area contributed by atoms with Crippen molar-refractivity contribution in [2.45, 2.75) is 37.8 Å². The van der Waals surface area contributed by atoms with E-state index in [0.29, 0.717) is 15.7 Å². The molecule has 4 N–H and O–H groups in total. The van der Waals surface area contributed by atoms with Crippen LogP contribution in [0.25, 0.3) is 0 Å². The molecule has 0 spiro atoms. The molecule has 6 heteroatoms. The third-order valence-corrected chi connectivity index (χ3v) is 3.66. The average molecular weight is 302 g/mol. The predicted molar refractivity (Wildman–Crippen MR) is 78.8 cm³/mol. The fourth-order valence-electron chi connectivity index (χ4n) is 2.24. The minimum atomic E-state index is -0.237. The molecule has 1 fully saturated rings. The Bertz CT molecular complexity index is 439. The summed E-state index contributed by atoms with van der Waals surface area (Å²) in [5.41, 5.74) is 6.41. The highest BCUT2D eigenvalue weighted by molar-refractivity contribution is 6.35. The summed E-state index contributed by atoms with van der Waals surface area (Å²) in [6, 6.07) is 5.16. The first-order chi connectivity index (χ1) is 9.02. The first kappa shape index (κ1) is 14.4. The van der Waals surface area contributed by atoms with Crippen molar-refractivity contribution in [2.24, 2.45) is 5.73 Å². The molecular weight excluding hydrogens is 285 g/mol. The molecule has 1 aliphatic carbocycles. The van der Waals surface area contributed by atoms with E-state index in [1.165, 1.54) is 0 Å². The van der Waals surface area contributed by atoms with Gasteiger partial charge in [-0.2, -0.15) is 0 Å². The fourth-order valence-corrected chi connectivity index (χ4v) is 2.77. The monoisotopic (exact) mass is 301 g/mol. The molecule has 1 aliphatic rings. The van der Waals surface area contributed by atoms with E-state index in [2.05, 4.69) is 10.6 Å². The highest BCUT2D eigenvalue weighted by Gasteiger charge is 2.19. The van der Waals surface area contributed by atoms with Gasteiger partial charge in [-0.05, 0) is 43.9 Å². The molecule has 0 atom stereocenters. The Hall–Kier alpha value is -0.970. The number of benzene rings is 1. The van der Waals surface area contributed by atoms with Crippen molar-refractivity contribution in [1.82, 2.24) is 5.32 Å². The van der Waals surface area contributed by atoms with Crippen LogP contribution in [0, 0.1) is 0 Å². The Labute approximate surface area is 122 Å². The maximum Gasteiger partial charge on any atom is 0.319 e. The number of nitrogens with two attached hydrogens (primary N) is 1. The second kappa shape index (κ2) is 6.46. The number of halogens is 2. The van der Waals surface area contributed by atoms with Crippen LogP contribution in [-0.2, 0) is 0 Å². The van der Waals surface area contributed by atoms with Gasteiger partial charge < -0.3 is 16.4 Å². The molecule has 1 aromatic rings. The second-order valence-corrected chi connectivity index (χ2v) is 5.74. The maximum absolute atomic E-state index is 11.8. The van der Waals surface area contributed by atoms with Gasteiger partial charge in [-0.3, -0.25) is 0 Å². The average Bonchev–Trinajstić information content (AvgIpc) is 2.30. The Balaban J connectivity index is 1.87. The Morgan fingerprint density at radius 1 is 1.11 bits per heavy atom. The van der Waals surface area contributed by atoms with Crippen LogP contribution in [0.1, 0.15) is 25.7 Å². The third kappa shape index (κ3) is 4.56. The Kier molecular flexibility index (Phi) is 4.91. The van der Waals surface area contributed by atoms with E-state index in [9.17, 15) is 4.79 Å². The molecule has 4 nitrogen and oxygen atoms in total. The number of hydrogen-bond donors (Lipinski definition) is 3. The summed E-state index contributed by atoms with van der Waals surface area (Å²) in [6.07, 6.45) is 3.75. The standard InChI is InChI=1S/C13H17Cl2N3O/c14-8-5-9(15)7-12(6-8)18-13(19)17-11-3-1-10(16)2-4-11/h5-7,10-11H,1-4,16H2,(H2,17,18,19). The molecular formula is C13H17Cl2N3O. The molecule has 1 aromatic carbocycles. The van der Waals surface area contributed by atoms with E-state index in [1.54, 1.807) is 18.2 Å². The number of hydrogen-bond acceptors (Lipinski definition) is 2. The number of urea groups is 1. The molecule has 2 amide bonds. The van der Waals surface area contributed by atoms with Gasteiger partial charge in [0.1, 0.15) is 0 Å². The van der Waals surface area contributed by atoms with E-state index in [4.69, 9.17) is 28.9 Å². The highest BCUT2D eigenvalue weighted by Crippen LogP contribution is 2.22. The molecule has 104 valence electrons. The topological polar surface area (TPSA) is 67.1 Å². The quantitative estimate of drug-likeness (QED) is 0.784. The summed E-state index contributed by atoms with van der Waals surface area (Å²) < 4.78 is 0. The fraction of sp³-hybridized carbons (Fsp3) is 0.462. The maximum atomic E-state index is 11.8. The number of carbonyl (C=O) groups excluding carboxylic acids is 1. The molecule has 19 heavy (non-hydrogen) atoms. The largest absolute Gasteiger partial charge is 0.335 e. The van der Waals surface area contributed by atoms with Gasteiger partial charge in [0.15, 0.2) is 0 Å². The molecule has 0 saturated heterocycles. The number of anilines is 1. The number of rotatable bonds is 2.